The van der Waals surface area contributed by atoms with Crippen molar-refractivity contribution in [1.82, 2.24) is 0 Å². The summed E-state index contributed by atoms with van der Waals surface area (Å²) in [5.41, 5.74) is 6.80. The Balaban J connectivity index is 1.59. The number of nitrogens with two attached hydrogens (primary N) is 1. The molecule has 0 radical (unpaired) electrons. The second-order valence-corrected chi connectivity index (χ2v) is 6.78. The molecule has 114 valence electrons. The smallest absolute Gasteiger partial charge is 0.119 e. The van der Waals surface area contributed by atoms with E-state index < -0.39 is 0 Å². The Labute approximate surface area is 131 Å². The summed E-state index contributed by atoms with van der Waals surface area (Å²) in [6.45, 7) is 0.824. The van der Waals surface area contributed by atoms with Gasteiger partial charge in [-0.05, 0) is 30.5 Å². The zero-order valence-electron chi connectivity index (χ0n) is 12.3. The van der Waals surface area contributed by atoms with E-state index in [-0.39, 0.29) is 11.7 Å². The van der Waals surface area contributed by atoms with Gasteiger partial charge in [0, 0.05) is 19.3 Å². The lowest BCUT2D eigenvalue weighted by Gasteiger charge is -2.38. The van der Waals surface area contributed by atoms with Crippen LogP contribution >= 0.6 is 12.2 Å². The Hall–Kier alpha value is -1.13. The van der Waals surface area contributed by atoms with Crippen LogP contribution in [0.15, 0.2) is 24.3 Å². The molecular formula is C17H23NO2S. The van der Waals surface area contributed by atoms with Crippen molar-refractivity contribution in [3.63, 3.8) is 0 Å². The second kappa shape index (κ2) is 6.32. The molecule has 1 atom stereocenters. The number of thiocarbonyl (C=S) groups is 1. The molecule has 21 heavy (non-hydrogen) atoms. The number of benzene rings is 1. The van der Waals surface area contributed by atoms with Crippen molar-refractivity contribution in [2.45, 2.75) is 56.7 Å². The third kappa shape index (κ3) is 3.74. The molecule has 1 aliphatic carbocycles. The summed E-state index contributed by atoms with van der Waals surface area (Å²) in [5.74, 6) is 0.932. The first-order valence-corrected chi connectivity index (χ1v) is 8.24. The Bertz CT molecular complexity index is 494. The third-order valence-electron chi connectivity index (χ3n) is 4.57. The molecule has 0 bridgehead atoms. The Kier molecular flexibility index (Phi) is 4.45. The van der Waals surface area contributed by atoms with Gasteiger partial charge in [-0.15, -0.1) is 0 Å². The van der Waals surface area contributed by atoms with E-state index >= 15 is 0 Å². The fourth-order valence-electron chi connectivity index (χ4n) is 3.53. The van der Waals surface area contributed by atoms with Crippen LogP contribution in [0.2, 0.25) is 0 Å². The molecule has 1 saturated heterocycles. The minimum atomic E-state index is 0.106. The van der Waals surface area contributed by atoms with E-state index in [0.717, 1.165) is 30.8 Å². The Morgan fingerprint density at radius 1 is 1.29 bits per heavy atom. The van der Waals surface area contributed by atoms with Gasteiger partial charge in [0.15, 0.2) is 0 Å². The van der Waals surface area contributed by atoms with Crippen molar-refractivity contribution in [1.29, 1.82) is 0 Å². The molecule has 3 rings (SSSR count). The summed E-state index contributed by atoms with van der Waals surface area (Å²) < 4.78 is 12.2. The van der Waals surface area contributed by atoms with Crippen LogP contribution in [0.4, 0.5) is 0 Å². The average Bonchev–Trinajstić information content (AvgIpc) is 2.88. The quantitative estimate of drug-likeness (QED) is 0.866. The molecule has 2 fully saturated rings. The van der Waals surface area contributed by atoms with Crippen molar-refractivity contribution in [3.8, 4) is 5.75 Å². The number of hydrogen-bond donors (Lipinski definition) is 1. The van der Waals surface area contributed by atoms with E-state index in [4.69, 9.17) is 27.4 Å². The molecule has 0 amide bonds. The molecule has 1 spiro atoms. The van der Waals surface area contributed by atoms with Crippen molar-refractivity contribution in [2.75, 3.05) is 6.61 Å². The molecule has 2 N–H and O–H groups in total. The maximum atomic E-state index is 6.16. The van der Waals surface area contributed by atoms with Gasteiger partial charge in [-0.2, -0.15) is 0 Å². The fourth-order valence-corrected chi connectivity index (χ4v) is 3.70. The first-order valence-electron chi connectivity index (χ1n) is 7.83. The molecule has 1 saturated carbocycles. The van der Waals surface area contributed by atoms with Crippen LogP contribution in [0, 0.1) is 0 Å². The van der Waals surface area contributed by atoms with E-state index in [0.29, 0.717) is 11.4 Å². The minimum Gasteiger partial charge on any atom is -0.490 e. The molecule has 1 heterocycles. The van der Waals surface area contributed by atoms with Crippen LogP contribution in [-0.2, 0) is 11.2 Å². The summed E-state index contributed by atoms with van der Waals surface area (Å²) >= 11 is 4.93. The van der Waals surface area contributed by atoms with E-state index in [1.807, 2.05) is 24.3 Å². The summed E-state index contributed by atoms with van der Waals surface area (Å²) in [6.07, 6.45) is 7.91. The van der Waals surface area contributed by atoms with Crippen molar-refractivity contribution < 1.29 is 9.47 Å². The van der Waals surface area contributed by atoms with E-state index in [1.165, 1.54) is 25.7 Å². The topological polar surface area (TPSA) is 44.5 Å². The fraction of sp³-hybridized carbons (Fsp3) is 0.588. The number of rotatable bonds is 4. The van der Waals surface area contributed by atoms with Gasteiger partial charge >= 0.3 is 0 Å². The third-order valence-corrected chi connectivity index (χ3v) is 4.71. The normalized spacial score (nSPS) is 24.1. The van der Waals surface area contributed by atoms with Gasteiger partial charge in [0.25, 0.3) is 0 Å². The zero-order valence-corrected chi connectivity index (χ0v) is 13.2. The van der Waals surface area contributed by atoms with Crippen molar-refractivity contribution in [2.24, 2.45) is 5.73 Å². The summed E-state index contributed by atoms with van der Waals surface area (Å²) in [7, 11) is 0. The van der Waals surface area contributed by atoms with Gasteiger partial charge < -0.3 is 15.2 Å². The highest BCUT2D eigenvalue weighted by Crippen LogP contribution is 2.40. The molecular weight excluding hydrogens is 282 g/mol. The van der Waals surface area contributed by atoms with Crippen LogP contribution in [0.25, 0.3) is 0 Å². The molecule has 1 unspecified atom stereocenters. The molecule has 2 aliphatic rings. The van der Waals surface area contributed by atoms with Gasteiger partial charge in [0.05, 0.1) is 17.2 Å². The van der Waals surface area contributed by atoms with Gasteiger partial charge in [-0.1, -0.05) is 37.2 Å². The minimum absolute atomic E-state index is 0.106. The molecule has 0 aromatic heterocycles. The summed E-state index contributed by atoms with van der Waals surface area (Å²) in [5, 5.41) is 0. The molecule has 1 aromatic rings. The lowest BCUT2D eigenvalue weighted by Crippen LogP contribution is -2.41. The Morgan fingerprint density at radius 2 is 2.00 bits per heavy atom. The average molecular weight is 305 g/mol. The SMILES string of the molecule is NC(=S)Cc1ccc(OC2CCOC3(CCCC3)C2)cc1. The predicted octanol–water partition coefficient (Wildman–Crippen LogP) is 3.39. The number of ether oxygens (including phenoxy) is 2. The zero-order chi connectivity index (χ0) is 14.7. The van der Waals surface area contributed by atoms with Gasteiger partial charge in [0.2, 0.25) is 0 Å². The van der Waals surface area contributed by atoms with Crippen LogP contribution < -0.4 is 10.5 Å². The van der Waals surface area contributed by atoms with Crippen LogP contribution in [0.5, 0.6) is 5.75 Å². The molecule has 3 nitrogen and oxygen atoms in total. The van der Waals surface area contributed by atoms with Gasteiger partial charge in [0.1, 0.15) is 11.9 Å². The highest BCUT2D eigenvalue weighted by atomic mass is 32.1. The largest absolute Gasteiger partial charge is 0.490 e. The van der Waals surface area contributed by atoms with Gasteiger partial charge in [-0.3, -0.25) is 0 Å². The van der Waals surface area contributed by atoms with E-state index in [2.05, 4.69) is 0 Å². The van der Waals surface area contributed by atoms with Crippen molar-refractivity contribution in [3.05, 3.63) is 29.8 Å². The predicted molar refractivity (Wildman–Crippen MR) is 87.7 cm³/mol. The first-order chi connectivity index (χ1) is 10.2. The molecule has 1 aliphatic heterocycles. The monoisotopic (exact) mass is 305 g/mol. The maximum absolute atomic E-state index is 6.16. The summed E-state index contributed by atoms with van der Waals surface area (Å²) in [6, 6.07) is 8.12. The first kappa shape index (κ1) is 14.8. The van der Waals surface area contributed by atoms with E-state index in [9.17, 15) is 0 Å². The molecule has 4 heteroatoms. The highest BCUT2D eigenvalue weighted by molar-refractivity contribution is 7.80. The Morgan fingerprint density at radius 3 is 2.67 bits per heavy atom. The summed E-state index contributed by atoms with van der Waals surface area (Å²) in [4.78, 5) is 0.524. The second-order valence-electron chi connectivity index (χ2n) is 6.26. The van der Waals surface area contributed by atoms with Crippen LogP contribution in [0.3, 0.4) is 0 Å². The van der Waals surface area contributed by atoms with Crippen molar-refractivity contribution >= 4 is 17.2 Å². The van der Waals surface area contributed by atoms with Gasteiger partial charge in [-0.25, -0.2) is 0 Å². The highest BCUT2D eigenvalue weighted by Gasteiger charge is 2.40. The lowest BCUT2D eigenvalue weighted by molar-refractivity contribution is -0.108. The molecule has 1 aromatic carbocycles. The standard InChI is InChI=1S/C17H23NO2S/c18-16(21)11-13-3-5-14(6-4-13)20-15-7-10-19-17(12-15)8-1-2-9-17/h3-6,15H,1-2,7-12H2,(H2,18,21). The number of hydrogen-bond acceptors (Lipinski definition) is 3. The van der Waals surface area contributed by atoms with Crippen LogP contribution in [0.1, 0.15) is 44.1 Å². The van der Waals surface area contributed by atoms with Crippen LogP contribution in [-0.4, -0.2) is 23.3 Å². The lowest BCUT2D eigenvalue weighted by atomic mass is 9.90. The van der Waals surface area contributed by atoms with E-state index in [1.54, 1.807) is 0 Å². The maximum Gasteiger partial charge on any atom is 0.119 e.